The zero-order valence-electron chi connectivity index (χ0n) is 22.5. The lowest BCUT2D eigenvalue weighted by atomic mass is 10.0. The summed E-state index contributed by atoms with van der Waals surface area (Å²) in [5.41, 5.74) is 3.75. The Kier molecular flexibility index (Phi) is 11.5. The van der Waals surface area contributed by atoms with Crippen LogP contribution in [0.3, 0.4) is 0 Å². The molecule has 0 aliphatic carbocycles. The number of benzene rings is 2. The molecule has 1 aliphatic heterocycles. The van der Waals surface area contributed by atoms with Gasteiger partial charge in [-0.15, -0.1) is 10.2 Å². The lowest BCUT2D eigenvalue weighted by molar-refractivity contribution is -0.245. The number of rotatable bonds is 14. The number of ether oxygens (including phenoxy) is 2. The van der Waals surface area contributed by atoms with Gasteiger partial charge in [0.05, 0.1) is 18.8 Å². The van der Waals surface area contributed by atoms with Gasteiger partial charge in [-0.2, -0.15) is 0 Å². The number of aliphatic hydroxyl groups is 1. The highest BCUT2D eigenvalue weighted by Crippen LogP contribution is 2.39. The Morgan fingerprint density at radius 2 is 1.68 bits per heavy atom. The molecular weight excluding hydrogens is 550 g/mol. The van der Waals surface area contributed by atoms with Crippen LogP contribution in [0.2, 0.25) is 0 Å². The highest BCUT2D eigenvalue weighted by Gasteiger charge is 2.32. The Morgan fingerprint density at radius 1 is 0.975 bits per heavy atom. The second-order valence-corrected chi connectivity index (χ2v) is 12.2. The molecule has 0 unspecified atom stereocenters. The Bertz CT molecular complexity index is 1240. The van der Waals surface area contributed by atoms with Crippen molar-refractivity contribution in [2.45, 2.75) is 81.4 Å². The summed E-state index contributed by atoms with van der Waals surface area (Å²) in [4.78, 5) is 22.7. The predicted molar refractivity (Wildman–Crippen MR) is 153 cm³/mol. The summed E-state index contributed by atoms with van der Waals surface area (Å²) in [6.45, 7) is 2.35. The molecule has 0 saturated carbocycles. The van der Waals surface area contributed by atoms with Gasteiger partial charge in [-0.3, -0.25) is 9.59 Å². The Morgan fingerprint density at radius 3 is 2.35 bits per heavy atom. The maximum absolute atomic E-state index is 12.1. The molecule has 0 spiro atoms. The van der Waals surface area contributed by atoms with Crippen LogP contribution < -0.4 is 5.32 Å². The van der Waals surface area contributed by atoms with Gasteiger partial charge in [-0.05, 0) is 36.5 Å². The van der Waals surface area contributed by atoms with Crippen LogP contribution in [0.25, 0.3) is 0 Å². The molecule has 1 aromatic heterocycles. The third-order valence-electron chi connectivity index (χ3n) is 6.55. The number of carboxylic acid groups (broad SMARTS) is 1. The molecule has 1 fully saturated rings. The third kappa shape index (κ3) is 9.38. The van der Waals surface area contributed by atoms with E-state index in [1.165, 1.54) is 0 Å². The zero-order valence-corrected chi connectivity index (χ0v) is 24.1. The van der Waals surface area contributed by atoms with E-state index in [0.29, 0.717) is 32.2 Å². The largest absolute Gasteiger partial charge is 0.481 e. The van der Waals surface area contributed by atoms with E-state index in [1.807, 2.05) is 55.5 Å². The van der Waals surface area contributed by atoms with Crippen molar-refractivity contribution in [1.82, 2.24) is 15.5 Å². The van der Waals surface area contributed by atoms with Crippen LogP contribution in [-0.4, -0.2) is 44.1 Å². The first-order chi connectivity index (χ1) is 19.4. The van der Waals surface area contributed by atoms with E-state index in [0.717, 1.165) is 43.8 Å². The molecule has 0 radical (unpaired) electrons. The monoisotopic (exact) mass is 585 g/mol. The molecular formula is C29H35N3O6S2. The summed E-state index contributed by atoms with van der Waals surface area (Å²) in [6, 6.07) is 15.7. The molecule has 3 N–H and O–H groups in total. The minimum atomic E-state index is -0.804. The maximum atomic E-state index is 12.1. The summed E-state index contributed by atoms with van der Waals surface area (Å²) in [7, 11) is 0. The van der Waals surface area contributed by atoms with E-state index < -0.39 is 12.3 Å². The van der Waals surface area contributed by atoms with E-state index in [-0.39, 0.29) is 31.1 Å². The van der Waals surface area contributed by atoms with Crippen LogP contribution in [0.4, 0.5) is 0 Å². The van der Waals surface area contributed by atoms with Gasteiger partial charge >= 0.3 is 5.97 Å². The molecule has 2 heterocycles. The third-order valence-corrected chi connectivity index (χ3v) is 8.66. The number of aryl methyl sites for hydroxylation is 1. The van der Waals surface area contributed by atoms with Gasteiger partial charge in [0.15, 0.2) is 10.6 Å². The summed E-state index contributed by atoms with van der Waals surface area (Å²) in [6.07, 6.45) is 2.43. The van der Waals surface area contributed by atoms with Crippen molar-refractivity contribution < 1.29 is 29.3 Å². The predicted octanol–water partition coefficient (Wildman–Crippen LogP) is 5.33. The fourth-order valence-corrected chi connectivity index (χ4v) is 6.20. The molecule has 9 nitrogen and oxygen atoms in total. The van der Waals surface area contributed by atoms with Crippen LogP contribution >= 0.6 is 23.1 Å². The van der Waals surface area contributed by atoms with E-state index >= 15 is 0 Å². The number of carboxylic acids is 1. The van der Waals surface area contributed by atoms with Gasteiger partial charge in [-0.1, -0.05) is 78.1 Å². The van der Waals surface area contributed by atoms with E-state index in [4.69, 9.17) is 14.6 Å². The molecule has 40 heavy (non-hydrogen) atoms. The summed E-state index contributed by atoms with van der Waals surface area (Å²) < 4.78 is 13.7. The fourth-order valence-electron chi connectivity index (χ4n) is 4.34. The van der Waals surface area contributed by atoms with E-state index in [9.17, 15) is 14.7 Å². The molecule has 1 saturated heterocycles. The minimum absolute atomic E-state index is 0.00232. The van der Waals surface area contributed by atoms with Crippen LogP contribution in [0, 0.1) is 6.92 Å². The number of aliphatic hydroxyl groups excluding tert-OH is 1. The standard InChI is InChI=1S/C29H35N3O6S2/c1-19-31-32-29(40-19)39-18-24-15-25(22-11-9-21(17-33)10-12-22)38-28(37-24)23-13-7-20(8-14-23)16-30-26(34)5-3-2-4-6-27(35)36/h7-14,24-25,28,33H,2-6,15-18H2,1H3,(H,30,34)(H,35,36)/t24-,25+,28+/m0/s1. The average Bonchev–Trinajstić information content (AvgIpc) is 3.39. The second-order valence-electron chi connectivity index (χ2n) is 9.72. The number of carbonyl (C=O) groups is 2. The van der Waals surface area contributed by atoms with Crippen molar-refractivity contribution in [3.05, 3.63) is 75.8 Å². The van der Waals surface area contributed by atoms with Crippen LogP contribution in [0.15, 0.2) is 52.9 Å². The van der Waals surface area contributed by atoms with Crippen LogP contribution in [0.5, 0.6) is 0 Å². The van der Waals surface area contributed by atoms with Gasteiger partial charge in [0.1, 0.15) is 5.01 Å². The number of hydrogen-bond donors (Lipinski definition) is 3. The molecule has 2 aromatic carbocycles. The SMILES string of the molecule is Cc1nnc(SC[C@@H]2C[C@H](c3ccc(CO)cc3)O[C@H](c3ccc(CNC(=O)CCCCCC(=O)O)cc3)O2)s1. The van der Waals surface area contributed by atoms with Crippen molar-refractivity contribution in [2.75, 3.05) is 5.75 Å². The van der Waals surface area contributed by atoms with Crippen LogP contribution in [-0.2, 0) is 32.2 Å². The first kappa shape index (κ1) is 30.1. The lowest BCUT2D eigenvalue weighted by Gasteiger charge is -2.36. The van der Waals surface area contributed by atoms with Crippen molar-refractivity contribution in [1.29, 1.82) is 0 Å². The molecule has 1 amide bonds. The van der Waals surface area contributed by atoms with Crippen LogP contribution in [0.1, 0.15) is 78.2 Å². The molecule has 3 aromatic rings. The molecule has 0 bridgehead atoms. The number of thioether (sulfide) groups is 1. The molecule has 3 atom stereocenters. The smallest absolute Gasteiger partial charge is 0.303 e. The normalized spacial score (nSPS) is 18.9. The van der Waals surface area contributed by atoms with Gasteiger partial charge in [0.2, 0.25) is 5.91 Å². The van der Waals surface area contributed by atoms with Gasteiger partial charge in [0.25, 0.3) is 0 Å². The quantitative estimate of drug-likeness (QED) is 0.170. The molecule has 214 valence electrons. The van der Waals surface area contributed by atoms with Crippen molar-refractivity contribution >= 4 is 35.0 Å². The zero-order chi connectivity index (χ0) is 28.3. The Labute approximate surface area is 242 Å². The number of nitrogens with zero attached hydrogens (tertiary/aromatic N) is 2. The number of carbonyl (C=O) groups excluding carboxylic acids is 1. The molecule has 4 rings (SSSR count). The number of hydrogen-bond acceptors (Lipinski definition) is 9. The maximum Gasteiger partial charge on any atom is 0.303 e. The van der Waals surface area contributed by atoms with Gasteiger partial charge in [0, 0.05) is 37.1 Å². The number of unbranched alkanes of at least 4 members (excludes halogenated alkanes) is 2. The summed E-state index contributed by atoms with van der Waals surface area (Å²) >= 11 is 3.20. The van der Waals surface area contributed by atoms with E-state index in [2.05, 4.69) is 15.5 Å². The fraction of sp³-hybridized carbons (Fsp3) is 0.448. The number of nitrogens with one attached hydrogen (secondary N) is 1. The van der Waals surface area contributed by atoms with Gasteiger partial charge < -0.3 is 25.0 Å². The first-order valence-electron chi connectivity index (χ1n) is 13.4. The lowest BCUT2D eigenvalue weighted by Crippen LogP contribution is -2.31. The summed E-state index contributed by atoms with van der Waals surface area (Å²) in [5, 5.41) is 30.3. The topological polar surface area (TPSA) is 131 Å². The minimum Gasteiger partial charge on any atom is -0.481 e. The first-order valence-corrected chi connectivity index (χ1v) is 15.2. The number of aromatic nitrogens is 2. The number of aliphatic carboxylic acids is 1. The average molecular weight is 586 g/mol. The highest BCUT2D eigenvalue weighted by molar-refractivity contribution is 8.01. The molecule has 1 aliphatic rings. The second kappa shape index (κ2) is 15.2. The Hall–Kier alpha value is -2.83. The summed E-state index contributed by atoms with van der Waals surface area (Å²) in [5.74, 6) is -0.124. The molecule has 11 heteroatoms. The van der Waals surface area contributed by atoms with Crippen molar-refractivity contribution in [2.24, 2.45) is 0 Å². The van der Waals surface area contributed by atoms with Crippen molar-refractivity contribution in [3.63, 3.8) is 0 Å². The highest BCUT2D eigenvalue weighted by atomic mass is 32.2. The Balaban J connectivity index is 1.34. The van der Waals surface area contributed by atoms with Crippen molar-refractivity contribution in [3.8, 4) is 0 Å². The van der Waals surface area contributed by atoms with E-state index in [1.54, 1.807) is 23.1 Å². The number of amides is 1. The van der Waals surface area contributed by atoms with Gasteiger partial charge in [-0.25, -0.2) is 0 Å².